The molecule has 3 nitrogen and oxygen atoms in total. The van der Waals surface area contributed by atoms with Crippen molar-refractivity contribution in [2.75, 3.05) is 0 Å². The van der Waals surface area contributed by atoms with Gasteiger partial charge in [-0.25, -0.2) is 4.98 Å². The summed E-state index contributed by atoms with van der Waals surface area (Å²) in [6.07, 6.45) is 3.69. The number of hydrogen-bond acceptors (Lipinski definition) is 4. The smallest absolute Gasteiger partial charge is 0.0970 e. The van der Waals surface area contributed by atoms with Gasteiger partial charge < -0.3 is 0 Å². The van der Waals surface area contributed by atoms with Crippen molar-refractivity contribution in [3.63, 3.8) is 0 Å². The van der Waals surface area contributed by atoms with E-state index < -0.39 is 0 Å². The van der Waals surface area contributed by atoms with Gasteiger partial charge in [-0.1, -0.05) is 72.8 Å². The highest BCUT2D eigenvalue weighted by Gasteiger charge is 2.18. The fraction of sp³-hybridized carbons (Fsp3) is 0. The summed E-state index contributed by atoms with van der Waals surface area (Å²) in [7, 11) is 0. The minimum Gasteiger partial charge on any atom is -0.254 e. The molecule has 190 valence electrons. The van der Waals surface area contributed by atoms with Gasteiger partial charge in [0.2, 0.25) is 0 Å². The van der Waals surface area contributed by atoms with Crippen molar-refractivity contribution in [1.29, 1.82) is 0 Å². The van der Waals surface area contributed by atoms with Crippen LogP contribution in [0.4, 0.5) is 0 Å². The van der Waals surface area contributed by atoms with Gasteiger partial charge in [-0.05, 0) is 53.6 Å². The fourth-order valence-electron chi connectivity index (χ4n) is 6.31. The van der Waals surface area contributed by atoms with Crippen LogP contribution in [0.15, 0.2) is 128 Å². The predicted octanol–water partition coefficient (Wildman–Crippen LogP) is 10.2. The third kappa shape index (κ3) is 3.35. The van der Waals surface area contributed by atoms with E-state index in [0.717, 1.165) is 55.1 Å². The molecule has 0 aliphatic heterocycles. The van der Waals surface area contributed by atoms with Gasteiger partial charge in [-0.3, -0.25) is 9.97 Å². The number of rotatable bonds is 2. The summed E-state index contributed by atoms with van der Waals surface area (Å²) in [5, 5.41) is 8.38. The lowest BCUT2D eigenvalue weighted by Gasteiger charge is -2.14. The van der Waals surface area contributed by atoms with Crippen molar-refractivity contribution in [2.24, 2.45) is 0 Å². The van der Waals surface area contributed by atoms with E-state index in [0.29, 0.717) is 0 Å². The predicted molar refractivity (Wildman–Crippen MR) is 174 cm³/mol. The molecule has 0 saturated heterocycles. The van der Waals surface area contributed by atoms with Crippen LogP contribution in [0.2, 0.25) is 0 Å². The summed E-state index contributed by atoms with van der Waals surface area (Å²) in [5.74, 6) is 0. The second-order valence-corrected chi connectivity index (χ2v) is 11.5. The van der Waals surface area contributed by atoms with E-state index in [-0.39, 0.29) is 0 Å². The molecule has 4 aromatic heterocycles. The van der Waals surface area contributed by atoms with Crippen molar-refractivity contribution in [1.82, 2.24) is 15.0 Å². The normalized spacial score (nSPS) is 11.9. The van der Waals surface area contributed by atoms with E-state index in [4.69, 9.17) is 9.97 Å². The molecule has 0 unspecified atom stereocenters. The third-order valence-corrected chi connectivity index (χ3v) is 9.25. The minimum atomic E-state index is 0.925. The zero-order chi connectivity index (χ0) is 26.9. The zero-order valence-electron chi connectivity index (χ0n) is 21.9. The van der Waals surface area contributed by atoms with Gasteiger partial charge in [0.25, 0.3) is 0 Å². The molecule has 0 radical (unpaired) electrons. The Morgan fingerprint density at radius 2 is 1.29 bits per heavy atom. The van der Waals surface area contributed by atoms with E-state index in [9.17, 15) is 0 Å². The molecule has 4 heteroatoms. The first-order chi connectivity index (χ1) is 20.3. The van der Waals surface area contributed by atoms with Crippen molar-refractivity contribution in [3.05, 3.63) is 128 Å². The Balaban J connectivity index is 1.45. The molecule has 0 fully saturated rings. The number of pyridine rings is 3. The lowest BCUT2D eigenvalue weighted by atomic mass is 9.93. The summed E-state index contributed by atoms with van der Waals surface area (Å²) in [4.78, 5) is 14.7. The molecule has 9 rings (SSSR count). The van der Waals surface area contributed by atoms with Crippen LogP contribution in [0, 0.1) is 0 Å². The molecule has 0 atom stereocenters. The van der Waals surface area contributed by atoms with E-state index in [1.165, 1.54) is 30.9 Å². The van der Waals surface area contributed by atoms with Crippen molar-refractivity contribution in [3.8, 4) is 22.4 Å². The Hall–Kier alpha value is -5.19. The van der Waals surface area contributed by atoms with Gasteiger partial charge >= 0.3 is 0 Å². The van der Waals surface area contributed by atoms with Gasteiger partial charge in [0, 0.05) is 65.1 Å². The number of fused-ring (bicyclic) bond motifs is 10. The molecule has 0 bridgehead atoms. The first-order valence-electron chi connectivity index (χ1n) is 13.7. The average Bonchev–Trinajstić information content (AvgIpc) is 3.43. The Kier molecular flexibility index (Phi) is 4.77. The molecule has 0 amide bonds. The SMILES string of the molecule is c1ccc(-c2nc3ccc(-c4cc5cccnc5c5ncccc45)cc3c3c2ccc2sc4ccccc4c23)cc1. The highest BCUT2D eigenvalue weighted by atomic mass is 32.1. The molecule has 0 aliphatic rings. The summed E-state index contributed by atoms with van der Waals surface area (Å²) < 4.78 is 2.60. The van der Waals surface area contributed by atoms with Gasteiger partial charge in [-0.15, -0.1) is 11.3 Å². The number of aromatic nitrogens is 3. The highest BCUT2D eigenvalue weighted by molar-refractivity contribution is 7.26. The Morgan fingerprint density at radius 3 is 2.22 bits per heavy atom. The second-order valence-electron chi connectivity index (χ2n) is 10.4. The second kappa shape index (κ2) is 8.65. The number of thiophene rings is 1. The summed E-state index contributed by atoms with van der Waals surface area (Å²) in [5.41, 5.74) is 7.29. The molecule has 5 aromatic carbocycles. The highest BCUT2D eigenvalue weighted by Crippen LogP contribution is 2.44. The van der Waals surface area contributed by atoms with Crippen LogP contribution in [0.5, 0.6) is 0 Å². The van der Waals surface area contributed by atoms with E-state index >= 15 is 0 Å². The standard InChI is InChI=1S/C37H21N3S/c1-2-8-22(9-3-1)35-27-15-17-32-34(26-11-4-5-13-31(26)41-32)33(27)29-20-23(14-16-30(29)40-35)28-21-24-10-6-18-38-36(24)37-25(28)12-7-19-39-37/h1-21H. The van der Waals surface area contributed by atoms with Crippen molar-refractivity contribution in [2.45, 2.75) is 0 Å². The lowest BCUT2D eigenvalue weighted by Crippen LogP contribution is -1.92. The maximum atomic E-state index is 5.27. The van der Waals surface area contributed by atoms with Gasteiger partial charge in [0.1, 0.15) is 0 Å². The number of nitrogens with zero attached hydrogens (tertiary/aromatic N) is 3. The van der Waals surface area contributed by atoms with Crippen molar-refractivity contribution >= 4 is 75.0 Å². The Labute approximate surface area is 239 Å². The molecule has 0 spiro atoms. The van der Waals surface area contributed by atoms with Gasteiger partial charge in [0.15, 0.2) is 0 Å². The zero-order valence-corrected chi connectivity index (χ0v) is 22.7. The van der Waals surface area contributed by atoms with E-state index in [2.05, 4.69) is 108 Å². The summed E-state index contributed by atoms with van der Waals surface area (Å²) in [6, 6.07) is 41.0. The van der Waals surface area contributed by atoms with Gasteiger partial charge in [0.05, 0.1) is 22.2 Å². The molecule has 41 heavy (non-hydrogen) atoms. The largest absolute Gasteiger partial charge is 0.254 e. The third-order valence-electron chi connectivity index (χ3n) is 8.12. The van der Waals surface area contributed by atoms with Crippen LogP contribution in [-0.2, 0) is 0 Å². The summed E-state index contributed by atoms with van der Waals surface area (Å²) in [6.45, 7) is 0. The van der Waals surface area contributed by atoms with Crippen LogP contribution in [0.25, 0.3) is 86.0 Å². The van der Waals surface area contributed by atoms with Gasteiger partial charge in [-0.2, -0.15) is 0 Å². The fourth-order valence-corrected chi connectivity index (χ4v) is 7.42. The van der Waals surface area contributed by atoms with E-state index in [1.807, 2.05) is 35.9 Å². The topological polar surface area (TPSA) is 38.7 Å². The van der Waals surface area contributed by atoms with E-state index in [1.54, 1.807) is 0 Å². The molecular weight excluding hydrogens is 518 g/mol. The molecule has 0 saturated carbocycles. The molecule has 0 aliphatic carbocycles. The van der Waals surface area contributed by atoms with Crippen molar-refractivity contribution < 1.29 is 0 Å². The minimum absolute atomic E-state index is 0.925. The molecule has 0 N–H and O–H groups in total. The van der Waals surface area contributed by atoms with Crippen LogP contribution in [-0.4, -0.2) is 15.0 Å². The Bertz CT molecular complexity index is 2480. The van der Waals surface area contributed by atoms with Crippen LogP contribution >= 0.6 is 11.3 Å². The maximum Gasteiger partial charge on any atom is 0.0970 e. The number of benzene rings is 5. The quantitative estimate of drug-likeness (QED) is 0.205. The molecule has 4 heterocycles. The molecule has 9 aromatic rings. The monoisotopic (exact) mass is 539 g/mol. The first-order valence-corrected chi connectivity index (χ1v) is 14.5. The number of hydrogen-bond donors (Lipinski definition) is 0. The van der Waals surface area contributed by atoms with Crippen LogP contribution in [0.3, 0.4) is 0 Å². The maximum absolute atomic E-state index is 5.27. The summed E-state index contributed by atoms with van der Waals surface area (Å²) >= 11 is 1.85. The average molecular weight is 540 g/mol. The lowest BCUT2D eigenvalue weighted by molar-refractivity contribution is 1.37. The molecular formula is C37H21N3S. The Morgan fingerprint density at radius 1 is 0.488 bits per heavy atom. The van der Waals surface area contributed by atoms with Crippen LogP contribution < -0.4 is 0 Å². The van der Waals surface area contributed by atoms with Crippen LogP contribution in [0.1, 0.15) is 0 Å². The first kappa shape index (κ1) is 22.6.